The Morgan fingerprint density at radius 3 is 2.13 bits per heavy atom. The number of aryl methyl sites for hydroxylation is 2. The van der Waals surface area contributed by atoms with Crippen molar-refractivity contribution >= 4 is 16.5 Å². The lowest BCUT2D eigenvalue weighted by Crippen LogP contribution is -2.09. The van der Waals surface area contributed by atoms with Gasteiger partial charge in [0.2, 0.25) is 0 Å². The third-order valence-electron chi connectivity index (χ3n) is 3.03. The van der Waals surface area contributed by atoms with Crippen LogP contribution >= 0.6 is 0 Å². The van der Waals surface area contributed by atoms with Gasteiger partial charge in [-0.2, -0.15) is 0 Å². The molecule has 0 unspecified atom stereocenters. The predicted octanol–water partition coefficient (Wildman–Crippen LogP) is 3.52. The summed E-state index contributed by atoms with van der Waals surface area (Å²) in [6.07, 6.45) is 0. The summed E-state index contributed by atoms with van der Waals surface area (Å²) in [5, 5.41) is 2.70. The van der Waals surface area contributed by atoms with Crippen molar-refractivity contribution < 1.29 is 0 Å². The molecule has 2 aromatic carbocycles. The number of nitrogens with zero attached hydrogens (tertiary/aromatic N) is 1. The zero-order valence-electron chi connectivity index (χ0n) is 9.83. The Morgan fingerprint density at radius 1 is 0.933 bits per heavy atom. The Bertz CT molecular complexity index is 498. The SMILES string of the molecule is Cc1cc(N(C)C)c2ccccc2c1C. The molecule has 0 fully saturated rings. The van der Waals surface area contributed by atoms with Crippen LogP contribution in [0.5, 0.6) is 0 Å². The first kappa shape index (κ1) is 10.0. The van der Waals surface area contributed by atoms with E-state index in [9.17, 15) is 0 Å². The maximum absolute atomic E-state index is 2.26. The van der Waals surface area contributed by atoms with Gasteiger partial charge in [0.15, 0.2) is 0 Å². The zero-order valence-corrected chi connectivity index (χ0v) is 9.83. The van der Waals surface area contributed by atoms with Crippen molar-refractivity contribution in [2.45, 2.75) is 13.8 Å². The third kappa shape index (κ3) is 1.58. The highest BCUT2D eigenvalue weighted by atomic mass is 15.1. The van der Waals surface area contributed by atoms with Crippen LogP contribution in [0.1, 0.15) is 11.1 Å². The molecule has 0 N–H and O–H groups in total. The quantitative estimate of drug-likeness (QED) is 0.679. The number of benzene rings is 2. The van der Waals surface area contributed by atoms with E-state index in [0.29, 0.717) is 0 Å². The minimum atomic E-state index is 1.30. The van der Waals surface area contributed by atoms with E-state index in [1.165, 1.54) is 27.6 Å². The second kappa shape index (κ2) is 3.58. The molecule has 1 nitrogen and oxygen atoms in total. The molecule has 0 radical (unpaired) electrons. The van der Waals surface area contributed by atoms with Crippen LogP contribution in [0.4, 0.5) is 5.69 Å². The average molecular weight is 199 g/mol. The summed E-state index contributed by atoms with van der Waals surface area (Å²) in [7, 11) is 4.19. The molecule has 0 saturated heterocycles. The fourth-order valence-corrected chi connectivity index (χ4v) is 2.01. The van der Waals surface area contributed by atoms with Gasteiger partial charge in [0, 0.05) is 25.2 Å². The van der Waals surface area contributed by atoms with Gasteiger partial charge < -0.3 is 4.90 Å². The fourth-order valence-electron chi connectivity index (χ4n) is 2.01. The molecular formula is C14H17N. The van der Waals surface area contributed by atoms with Gasteiger partial charge in [-0.05, 0) is 36.4 Å². The number of anilines is 1. The summed E-state index contributed by atoms with van der Waals surface area (Å²) in [6.45, 7) is 4.37. The van der Waals surface area contributed by atoms with E-state index in [1.807, 2.05) is 0 Å². The van der Waals surface area contributed by atoms with E-state index in [0.717, 1.165) is 0 Å². The molecule has 2 rings (SSSR count). The molecule has 0 heterocycles. The van der Waals surface area contributed by atoms with Crippen molar-refractivity contribution in [1.82, 2.24) is 0 Å². The van der Waals surface area contributed by atoms with Crippen LogP contribution < -0.4 is 4.90 Å². The Morgan fingerprint density at radius 2 is 1.53 bits per heavy atom. The molecule has 0 saturated carbocycles. The van der Waals surface area contributed by atoms with Crippen LogP contribution in [-0.4, -0.2) is 14.1 Å². The maximum Gasteiger partial charge on any atom is 0.0443 e. The second-order valence-electron chi connectivity index (χ2n) is 4.28. The first-order valence-corrected chi connectivity index (χ1v) is 5.27. The molecule has 0 atom stereocenters. The Labute approximate surface area is 91.3 Å². The Kier molecular flexibility index (Phi) is 2.39. The van der Waals surface area contributed by atoms with Gasteiger partial charge in [0.05, 0.1) is 0 Å². The largest absolute Gasteiger partial charge is 0.377 e. The lowest BCUT2D eigenvalue weighted by atomic mass is 9.99. The summed E-state index contributed by atoms with van der Waals surface area (Å²) >= 11 is 0. The lowest BCUT2D eigenvalue weighted by molar-refractivity contribution is 1.14. The van der Waals surface area contributed by atoms with Crippen molar-refractivity contribution in [2.24, 2.45) is 0 Å². The van der Waals surface area contributed by atoms with Crippen molar-refractivity contribution in [3.05, 3.63) is 41.5 Å². The van der Waals surface area contributed by atoms with E-state index in [2.05, 4.69) is 63.2 Å². The molecular weight excluding hydrogens is 182 g/mol. The summed E-state index contributed by atoms with van der Waals surface area (Å²) < 4.78 is 0. The molecule has 2 aromatic rings. The van der Waals surface area contributed by atoms with Gasteiger partial charge in [0.1, 0.15) is 0 Å². The average Bonchev–Trinajstić information content (AvgIpc) is 2.23. The standard InChI is InChI=1S/C14H17N/c1-10-9-14(15(3)4)13-8-6-5-7-12(13)11(10)2/h5-9H,1-4H3. The zero-order chi connectivity index (χ0) is 11.0. The number of rotatable bonds is 1. The van der Waals surface area contributed by atoms with Crippen LogP contribution in [-0.2, 0) is 0 Å². The van der Waals surface area contributed by atoms with Crippen molar-refractivity contribution in [3.8, 4) is 0 Å². The molecule has 1 heteroatoms. The van der Waals surface area contributed by atoms with Gasteiger partial charge in [-0.15, -0.1) is 0 Å². The van der Waals surface area contributed by atoms with E-state index < -0.39 is 0 Å². The fraction of sp³-hybridized carbons (Fsp3) is 0.286. The number of fused-ring (bicyclic) bond motifs is 1. The number of hydrogen-bond acceptors (Lipinski definition) is 1. The normalized spacial score (nSPS) is 10.7. The molecule has 0 spiro atoms. The number of hydrogen-bond donors (Lipinski definition) is 0. The van der Waals surface area contributed by atoms with Gasteiger partial charge in [-0.3, -0.25) is 0 Å². The van der Waals surface area contributed by atoms with Crippen LogP contribution in [0.15, 0.2) is 30.3 Å². The second-order valence-corrected chi connectivity index (χ2v) is 4.28. The van der Waals surface area contributed by atoms with Gasteiger partial charge >= 0.3 is 0 Å². The minimum Gasteiger partial charge on any atom is -0.377 e. The van der Waals surface area contributed by atoms with E-state index in [4.69, 9.17) is 0 Å². The topological polar surface area (TPSA) is 3.24 Å². The lowest BCUT2D eigenvalue weighted by Gasteiger charge is -2.18. The van der Waals surface area contributed by atoms with Gasteiger partial charge in [-0.1, -0.05) is 24.3 Å². The Balaban J connectivity index is 2.88. The molecule has 0 aliphatic rings. The molecule has 0 aromatic heterocycles. The smallest absolute Gasteiger partial charge is 0.0443 e. The highest BCUT2D eigenvalue weighted by molar-refractivity contribution is 5.97. The summed E-state index contributed by atoms with van der Waals surface area (Å²) in [4.78, 5) is 2.18. The monoisotopic (exact) mass is 199 g/mol. The Hall–Kier alpha value is -1.50. The van der Waals surface area contributed by atoms with E-state index in [-0.39, 0.29) is 0 Å². The summed E-state index contributed by atoms with van der Waals surface area (Å²) in [6, 6.07) is 10.9. The van der Waals surface area contributed by atoms with Gasteiger partial charge in [0.25, 0.3) is 0 Å². The van der Waals surface area contributed by atoms with Crippen LogP contribution in [0.2, 0.25) is 0 Å². The predicted molar refractivity (Wildman–Crippen MR) is 67.7 cm³/mol. The molecule has 0 bridgehead atoms. The highest BCUT2D eigenvalue weighted by Gasteiger charge is 2.06. The first-order chi connectivity index (χ1) is 7.11. The minimum absolute atomic E-state index is 1.30. The van der Waals surface area contributed by atoms with E-state index in [1.54, 1.807) is 0 Å². The van der Waals surface area contributed by atoms with Gasteiger partial charge in [-0.25, -0.2) is 0 Å². The van der Waals surface area contributed by atoms with Crippen LogP contribution in [0.3, 0.4) is 0 Å². The molecule has 0 amide bonds. The molecule has 0 aliphatic carbocycles. The van der Waals surface area contributed by atoms with E-state index >= 15 is 0 Å². The third-order valence-corrected chi connectivity index (χ3v) is 3.03. The molecule has 78 valence electrons. The van der Waals surface area contributed by atoms with Crippen molar-refractivity contribution in [2.75, 3.05) is 19.0 Å². The van der Waals surface area contributed by atoms with Crippen LogP contribution in [0.25, 0.3) is 10.8 Å². The first-order valence-electron chi connectivity index (χ1n) is 5.27. The maximum atomic E-state index is 2.26. The van der Waals surface area contributed by atoms with Crippen molar-refractivity contribution in [3.63, 3.8) is 0 Å². The highest BCUT2D eigenvalue weighted by Crippen LogP contribution is 2.30. The summed E-state index contributed by atoms with van der Waals surface area (Å²) in [5.41, 5.74) is 4.04. The van der Waals surface area contributed by atoms with Crippen molar-refractivity contribution in [1.29, 1.82) is 0 Å². The summed E-state index contributed by atoms with van der Waals surface area (Å²) in [5.74, 6) is 0. The van der Waals surface area contributed by atoms with Crippen LogP contribution in [0, 0.1) is 13.8 Å². The molecule has 0 aliphatic heterocycles. The molecule has 15 heavy (non-hydrogen) atoms.